The molecular formula is C15H29N2. The number of rotatable bonds is 3. The molecule has 2 rings (SSSR count). The standard InChI is InChI=1S/C15H29N2/c1-2-15(16-11-7-3-4-8-12-16)17-13-9-5-6-10-14-17/h15H,1-14H2. The highest BCUT2D eigenvalue weighted by Gasteiger charge is 2.24. The quantitative estimate of drug-likeness (QED) is 0.743. The molecule has 2 aliphatic heterocycles. The highest BCUT2D eigenvalue weighted by molar-refractivity contribution is 4.78. The fourth-order valence-corrected chi connectivity index (χ4v) is 3.38. The van der Waals surface area contributed by atoms with Gasteiger partial charge in [0.25, 0.3) is 0 Å². The zero-order valence-electron chi connectivity index (χ0n) is 11.4. The highest BCUT2D eigenvalue weighted by atomic mass is 15.3. The number of hydrogen-bond acceptors (Lipinski definition) is 2. The Hall–Kier alpha value is -0.0800. The Morgan fingerprint density at radius 3 is 1.29 bits per heavy atom. The first-order valence-corrected chi connectivity index (χ1v) is 7.69. The van der Waals surface area contributed by atoms with Crippen molar-refractivity contribution in [2.24, 2.45) is 0 Å². The van der Waals surface area contributed by atoms with Crippen LogP contribution >= 0.6 is 0 Å². The lowest BCUT2D eigenvalue weighted by Gasteiger charge is -2.38. The van der Waals surface area contributed by atoms with Crippen LogP contribution in [0, 0.1) is 6.92 Å². The molecule has 0 N–H and O–H groups in total. The van der Waals surface area contributed by atoms with Crippen LogP contribution in [0.5, 0.6) is 0 Å². The maximum absolute atomic E-state index is 4.21. The van der Waals surface area contributed by atoms with Crippen molar-refractivity contribution >= 4 is 0 Å². The van der Waals surface area contributed by atoms with Crippen molar-refractivity contribution in [3.05, 3.63) is 6.92 Å². The van der Waals surface area contributed by atoms with E-state index in [9.17, 15) is 0 Å². The monoisotopic (exact) mass is 237 g/mol. The van der Waals surface area contributed by atoms with Gasteiger partial charge < -0.3 is 0 Å². The van der Waals surface area contributed by atoms with E-state index in [2.05, 4.69) is 16.7 Å². The summed E-state index contributed by atoms with van der Waals surface area (Å²) in [4.78, 5) is 5.43. The van der Waals surface area contributed by atoms with Crippen molar-refractivity contribution in [3.8, 4) is 0 Å². The predicted octanol–water partition coefficient (Wildman–Crippen LogP) is 3.29. The molecule has 2 heteroatoms. The molecule has 0 aromatic carbocycles. The van der Waals surface area contributed by atoms with E-state index in [0.717, 1.165) is 6.42 Å². The molecule has 0 atom stereocenters. The van der Waals surface area contributed by atoms with E-state index >= 15 is 0 Å². The molecule has 0 saturated carbocycles. The summed E-state index contributed by atoms with van der Waals surface area (Å²) in [6.45, 7) is 9.42. The predicted molar refractivity (Wildman–Crippen MR) is 73.8 cm³/mol. The van der Waals surface area contributed by atoms with E-state index in [4.69, 9.17) is 0 Å². The summed E-state index contributed by atoms with van der Waals surface area (Å²) in [6.07, 6.45) is 13.0. The molecule has 2 heterocycles. The minimum atomic E-state index is 0.631. The van der Waals surface area contributed by atoms with Crippen LogP contribution in [0.4, 0.5) is 0 Å². The van der Waals surface area contributed by atoms with Gasteiger partial charge in [-0.15, -0.1) is 0 Å². The highest BCUT2D eigenvalue weighted by Crippen LogP contribution is 2.20. The molecule has 2 aliphatic rings. The van der Waals surface area contributed by atoms with E-state index in [1.807, 2.05) is 0 Å². The van der Waals surface area contributed by atoms with Gasteiger partial charge in [0.05, 0.1) is 6.17 Å². The van der Waals surface area contributed by atoms with Crippen LogP contribution in [0.25, 0.3) is 0 Å². The van der Waals surface area contributed by atoms with Crippen LogP contribution in [-0.2, 0) is 0 Å². The van der Waals surface area contributed by atoms with Crippen LogP contribution < -0.4 is 0 Å². The van der Waals surface area contributed by atoms with E-state index in [-0.39, 0.29) is 0 Å². The van der Waals surface area contributed by atoms with E-state index < -0.39 is 0 Å². The molecule has 2 saturated heterocycles. The lowest BCUT2D eigenvalue weighted by atomic mass is 10.2. The van der Waals surface area contributed by atoms with Gasteiger partial charge >= 0.3 is 0 Å². The average molecular weight is 237 g/mol. The second kappa shape index (κ2) is 7.38. The van der Waals surface area contributed by atoms with Crippen molar-refractivity contribution in [3.63, 3.8) is 0 Å². The van der Waals surface area contributed by atoms with Crippen molar-refractivity contribution in [1.82, 2.24) is 9.80 Å². The van der Waals surface area contributed by atoms with Crippen molar-refractivity contribution in [1.29, 1.82) is 0 Å². The summed E-state index contributed by atoms with van der Waals surface area (Å²) < 4.78 is 0. The maximum Gasteiger partial charge on any atom is 0.0622 e. The average Bonchev–Trinajstić information content (AvgIpc) is 2.75. The third-order valence-corrected chi connectivity index (χ3v) is 4.38. The molecule has 2 nitrogen and oxygen atoms in total. The molecule has 17 heavy (non-hydrogen) atoms. The summed E-state index contributed by atoms with van der Waals surface area (Å²) >= 11 is 0. The zero-order chi connectivity index (χ0) is 11.9. The van der Waals surface area contributed by atoms with Gasteiger partial charge in [0.1, 0.15) is 0 Å². The first-order valence-electron chi connectivity index (χ1n) is 7.69. The smallest absolute Gasteiger partial charge is 0.0622 e. The lowest BCUT2D eigenvalue weighted by Crippen LogP contribution is -2.48. The Morgan fingerprint density at radius 1 is 0.647 bits per heavy atom. The maximum atomic E-state index is 4.21. The SMILES string of the molecule is [CH2]CC(N1CCCCCC1)N1CCCCCC1. The Kier molecular flexibility index (Phi) is 5.79. The minimum Gasteiger partial charge on any atom is -0.288 e. The molecule has 0 unspecified atom stereocenters. The van der Waals surface area contributed by atoms with Gasteiger partial charge in [0.2, 0.25) is 0 Å². The van der Waals surface area contributed by atoms with Crippen molar-refractivity contribution < 1.29 is 0 Å². The normalized spacial score (nSPS) is 25.8. The molecule has 0 bridgehead atoms. The Morgan fingerprint density at radius 2 is 1.00 bits per heavy atom. The molecule has 1 radical (unpaired) electrons. The van der Waals surface area contributed by atoms with E-state index in [1.54, 1.807) is 0 Å². The van der Waals surface area contributed by atoms with Gasteiger partial charge in [0.15, 0.2) is 0 Å². The van der Waals surface area contributed by atoms with Gasteiger partial charge in [-0.25, -0.2) is 0 Å². The van der Waals surface area contributed by atoms with Crippen LogP contribution in [0.3, 0.4) is 0 Å². The van der Waals surface area contributed by atoms with Gasteiger partial charge in [-0.3, -0.25) is 9.80 Å². The molecule has 0 spiro atoms. The molecule has 0 aliphatic carbocycles. The molecule has 2 fully saturated rings. The van der Waals surface area contributed by atoms with Crippen molar-refractivity contribution in [2.45, 2.75) is 64.0 Å². The fraction of sp³-hybridized carbons (Fsp3) is 0.933. The Bertz CT molecular complexity index is 169. The Labute approximate surface area is 107 Å². The van der Waals surface area contributed by atoms with Gasteiger partial charge in [-0.2, -0.15) is 0 Å². The van der Waals surface area contributed by atoms with Gasteiger partial charge in [-0.1, -0.05) is 32.6 Å². The zero-order valence-corrected chi connectivity index (χ0v) is 11.4. The summed E-state index contributed by atoms with van der Waals surface area (Å²) in [5, 5.41) is 0. The van der Waals surface area contributed by atoms with Crippen LogP contribution in [0.2, 0.25) is 0 Å². The summed E-state index contributed by atoms with van der Waals surface area (Å²) in [6, 6.07) is 0. The largest absolute Gasteiger partial charge is 0.288 e. The van der Waals surface area contributed by atoms with Crippen LogP contribution in [0.15, 0.2) is 0 Å². The van der Waals surface area contributed by atoms with Gasteiger partial charge in [0, 0.05) is 0 Å². The lowest BCUT2D eigenvalue weighted by molar-refractivity contribution is 0.0477. The second-order valence-electron chi connectivity index (χ2n) is 5.67. The molecule has 0 aromatic rings. The third kappa shape index (κ3) is 3.96. The number of likely N-dealkylation sites (tertiary alicyclic amines) is 2. The molecule has 99 valence electrons. The van der Waals surface area contributed by atoms with Crippen LogP contribution in [-0.4, -0.2) is 42.1 Å². The molecule has 0 amide bonds. The first-order chi connectivity index (χ1) is 8.42. The summed E-state index contributed by atoms with van der Waals surface area (Å²) in [7, 11) is 0. The van der Waals surface area contributed by atoms with Crippen molar-refractivity contribution in [2.75, 3.05) is 26.2 Å². The summed E-state index contributed by atoms with van der Waals surface area (Å²) in [5.41, 5.74) is 0. The molecular weight excluding hydrogens is 208 g/mol. The number of nitrogens with zero attached hydrogens (tertiary/aromatic N) is 2. The first kappa shape index (κ1) is 13.4. The Balaban J connectivity index is 1.92. The topological polar surface area (TPSA) is 6.48 Å². The second-order valence-corrected chi connectivity index (χ2v) is 5.67. The summed E-state index contributed by atoms with van der Waals surface area (Å²) in [5.74, 6) is 0. The number of hydrogen-bond donors (Lipinski definition) is 0. The van der Waals surface area contributed by atoms with E-state index in [1.165, 1.54) is 77.5 Å². The minimum absolute atomic E-state index is 0.631. The fourth-order valence-electron chi connectivity index (χ4n) is 3.38. The van der Waals surface area contributed by atoms with Gasteiger partial charge in [-0.05, 0) is 58.3 Å². The third-order valence-electron chi connectivity index (χ3n) is 4.38. The van der Waals surface area contributed by atoms with E-state index in [0.29, 0.717) is 6.17 Å². The molecule has 0 aromatic heterocycles. The van der Waals surface area contributed by atoms with Crippen LogP contribution in [0.1, 0.15) is 57.8 Å².